The number of guanidine groups is 1. The second-order valence-corrected chi connectivity index (χ2v) is 7.11. The first kappa shape index (κ1) is 17.0. The number of piperazine rings is 1. The Morgan fingerprint density at radius 2 is 2.00 bits per heavy atom. The molecule has 1 saturated carbocycles. The van der Waals surface area contributed by atoms with Gasteiger partial charge in [-0.2, -0.15) is 0 Å². The Morgan fingerprint density at radius 3 is 2.67 bits per heavy atom. The minimum atomic E-state index is -0.269. The van der Waals surface area contributed by atoms with Crippen LogP contribution in [0, 0.1) is 5.41 Å². The van der Waals surface area contributed by atoms with Crippen LogP contribution in [-0.4, -0.2) is 64.8 Å². The number of rotatable bonds is 3. The third-order valence-electron chi connectivity index (χ3n) is 5.32. The summed E-state index contributed by atoms with van der Waals surface area (Å²) >= 11 is 0. The maximum Gasteiger partial charge on any atom is 0.225 e. The van der Waals surface area contributed by atoms with Crippen molar-refractivity contribution in [2.75, 3.05) is 37.6 Å². The summed E-state index contributed by atoms with van der Waals surface area (Å²) in [5.74, 6) is 1.35. The van der Waals surface area contributed by atoms with Gasteiger partial charge in [0.15, 0.2) is 5.96 Å². The number of nitrogens with zero attached hydrogens (tertiary/aromatic N) is 5. The number of nitrogens with two attached hydrogens (primary N) is 1. The lowest BCUT2D eigenvalue weighted by molar-refractivity contribution is 0.00707. The lowest BCUT2D eigenvalue weighted by Crippen LogP contribution is -2.52. The van der Waals surface area contributed by atoms with E-state index in [0.717, 1.165) is 51.4 Å². The monoisotopic (exact) mass is 332 g/mol. The summed E-state index contributed by atoms with van der Waals surface area (Å²) in [5.41, 5.74) is 6.06. The minimum Gasteiger partial charge on any atom is -0.392 e. The molecule has 2 atom stereocenters. The molecule has 24 heavy (non-hydrogen) atoms. The van der Waals surface area contributed by atoms with E-state index in [-0.39, 0.29) is 11.5 Å². The topological polar surface area (TPSA) is 90.9 Å². The Hall–Kier alpha value is -1.89. The van der Waals surface area contributed by atoms with E-state index in [0.29, 0.717) is 12.5 Å². The van der Waals surface area contributed by atoms with Crippen LogP contribution >= 0.6 is 0 Å². The molecular weight excluding hydrogens is 304 g/mol. The van der Waals surface area contributed by atoms with Crippen molar-refractivity contribution in [3.05, 3.63) is 18.5 Å². The van der Waals surface area contributed by atoms with E-state index in [9.17, 15) is 5.11 Å². The van der Waals surface area contributed by atoms with Crippen molar-refractivity contribution in [1.82, 2.24) is 14.9 Å². The molecule has 3 rings (SSSR count). The van der Waals surface area contributed by atoms with Gasteiger partial charge in [-0.3, -0.25) is 4.99 Å². The van der Waals surface area contributed by atoms with Gasteiger partial charge in [0.2, 0.25) is 5.95 Å². The van der Waals surface area contributed by atoms with Crippen LogP contribution in [0.4, 0.5) is 5.95 Å². The fourth-order valence-electron chi connectivity index (χ4n) is 3.52. The highest BCUT2D eigenvalue weighted by atomic mass is 16.3. The molecule has 1 saturated heterocycles. The van der Waals surface area contributed by atoms with Crippen molar-refractivity contribution in [2.24, 2.45) is 16.1 Å². The van der Waals surface area contributed by atoms with Gasteiger partial charge in [0.05, 0.1) is 12.6 Å². The van der Waals surface area contributed by atoms with Crippen molar-refractivity contribution in [1.29, 1.82) is 0 Å². The van der Waals surface area contributed by atoms with E-state index in [1.165, 1.54) is 6.42 Å². The van der Waals surface area contributed by atoms with Crippen molar-refractivity contribution < 1.29 is 5.11 Å². The van der Waals surface area contributed by atoms with E-state index < -0.39 is 0 Å². The number of anilines is 1. The molecule has 0 spiro atoms. The van der Waals surface area contributed by atoms with Gasteiger partial charge in [0.25, 0.3) is 0 Å². The third kappa shape index (κ3) is 3.77. The number of hydrogen-bond donors (Lipinski definition) is 2. The van der Waals surface area contributed by atoms with Crippen LogP contribution in [0.25, 0.3) is 0 Å². The zero-order valence-corrected chi connectivity index (χ0v) is 14.4. The number of aliphatic hydroxyl groups is 1. The summed E-state index contributed by atoms with van der Waals surface area (Å²) in [6.45, 7) is 6.01. The van der Waals surface area contributed by atoms with Gasteiger partial charge in [-0.1, -0.05) is 19.8 Å². The average molecular weight is 332 g/mol. The Balaban J connectivity index is 1.54. The number of hydrogen-bond acceptors (Lipinski definition) is 5. The first-order valence-electron chi connectivity index (χ1n) is 8.83. The molecule has 0 amide bonds. The first-order chi connectivity index (χ1) is 11.6. The highest BCUT2D eigenvalue weighted by Gasteiger charge is 2.35. The lowest BCUT2D eigenvalue weighted by Gasteiger charge is -2.38. The molecule has 2 heterocycles. The molecule has 1 aliphatic carbocycles. The maximum absolute atomic E-state index is 10.3. The molecule has 0 aromatic carbocycles. The van der Waals surface area contributed by atoms with Crippen LogP contribution in [0.15, 0.2) is 23.5 Å². The summed E-state index contributed by atoms with van der Waals surface area (Å²) < 4.78 is 0. The summed E-state index contributed by atoms with van der Waals surface area (Å²) in [6, 6.07) is 1.82. The fraction of sp³-hybridized carbons (Fsp3) is 0.706. The van der Waals surface area contributed by atoms with Gasteiger partial charge in [0.1, 0.15) is 0 Å². The zero-order valence-electron chi connectivity index (χ0n) is 14.4. The van der Waals surface area contributed by atoms with Crippen molar-refractivity contribution in [3.8, 4) is 0 Å². The molecule has 3 N–H and O–H groups in total. The normalized spacial score (nSPS) is 28.9. The predicted octanol–water partition coefficient (Wildman–Crippen LogP) is 0.854. The highest BCUT2D eigenvalue weighted by molar-refractivity contribution is 5.78. The van der Waals surface area contributed by atoms with Crippen molar-refractivity contribution in [3.63, 3.8) is 0 Å². The Bertz CT molecular complexity index is 557. The quantitative estimate of drug-likeness (QED) is 0.630. The van der Waals surface area contributed by atoms with E-state index in [1.54, 1.807) is 12.4 Å². The summed E-state index contributed by atoms with van der Waals surface area (Å²) in [4.78, 5) is 17.5. The van der Waals surface area contributed by atoms with Gasteiger partial charge in [0, 0.05) is 44.0 Å². The smallest absolute Gasteiger partial charge is 0.225 e. The van der Waals surface area contributed by atoms with E-state index in [2.05, 4.69) is 31.7 Å². The van der Waals surface area contributed by atoms with Crippen LogP contribution in [-0.2, 0) is 0 Å². The van der Waals surface area contributed by atoms with E-state index in [1.807, 2.05) is 6.07 Å². The molecule has 2 aliphatic rings. The van der Waals surface area contributed by atoms with Crippen molar-refractivity contribution in [2.45, 2.75) is 38.7 Å². The molecule has 2 fully saturated rings. The van der Waals surface area contributed by atoms with Crippen LogP contribution in [0.2, 0.25) is 0 Å². The second-order valence-electron chi connectivity index (χ2n) is 7.11. The average Bonchev–Trinajstić information content (AvgIpc) is 2.63. The van der Waals surface area contributed by atoms with E-state index >= 15 is 0 Å². The predicted molar refractivity (Wildman–Crippen MR) is 94.9 cm³/mol. The Labute approximate surface area is 143 Å². The number of aliphatic hydroxyl groups excluding tert-OH is 1. The molecule has 1 aromatic heterocycles. The minimum absolute atomic E-state index is 0.136. The fourth-order valence-corrected chi connectivity index (χ4v) is 3.52. The molecule has 7 nitrogen and oxygen atoms in total. The van der Waals surface area contributed by atoms with Gasteiger partial charge in [-0.05, 0) is 18.9 Å². The molecule has 0 radical (unpaired) electrons. The molecule has 1 aliphatic heterocycles. The summed E-state index contributed by atoms with van der Waals surface area (Å²) in [6.07, 6.45) is 7.43. The largest absolute Gasteiger partial charge is 0.392 e. The van der Waals surface area contributed by atoms with Gasteiger partial charge < -0.3 is 20.6 Å². The van der Waals surface area contributed by atoms with Crippen LogP contribution in [0.1, 0.15) is 32.6 Å². The third-order valence-corrected chi connectivity index (χ3v) is 5.32. The summed E-state index contributed by atoms with van der Waals surface area (Å²) in [5, 5.41) is 10.3. The van der Waals surface area contributed by atoms with Crippen LogP contribution < -0.4 is 10.6 Å². The molecule has 2 unspecified atom stereocenters. The van der Waals surface area contributed by atoms with Crippen LogP contribution in [0.5, 0.6) is 0 Å². The standard InChI is InChI=1S/C17H28N6O/c1-17(6-3-2-5-14(17)24)13-21-15(18)22-9-11-23(12-10-22)16-19-7-4-8-20-16/h4,7-8,14,24H,2-3,5-6,9-13H2,1H3,(H2,18,21). The number of aromatic nitrogens is 2. The van der Waals surface area contributed by atoms with Gasteiger partial charge in [-0.25, -0.2) is 9.97 Å². The maximum atomic E-state index is 10.3. The molecule has 0 bridgehead atoms. The highest BCUT2D eigenvalue weighted by Crippen LogP contribution is 2.36. The van der Waals surface area contributed by atoms with E-state index in [4.69, 9.17) is 5.73 Å². The SMILES string of the molecule is CC1(CN=C(N)N2CCN(c3ncccn3)CC2)CCCCC1O. The lowest BCUT2D eigenvalue weighted by atomic mass is 9.73. The summed E-state index contributed by atoms with van der Waals surface area (Å²) in [7, 11) is 0. The Kier molecular flexibility index (Phi) is 5.18. The first-order valence-corrected chi connectivity index (χ1v) is 8.83. The van der Waals surface area contributed by atoms with Crippen LogP contribution in [0.3, 0.4) is 0 Å². The molecule has 132 valence electrons. The zero-order chi connectivity index (χ0) is 17.0. The molecule has 7 heteroatoms. The van der Waals surface area contributed by atoms with Gasteiger partial charge in [-0.15, -0.1) is 0 Å². The molecule has 1 aromatic rings. The van der Waals surface area contributed by atoms with Gasteiger partial charge >= 0.3 is 0 Å². The number of aliphatic imine (C=N–C) groups is 1. The second kappa shape index (κ2) is 7.34. The van der Waals surface area contributed by atoms with Crippen molar-refractivity contribution >= 4 is 11.9 Å². The Morgan fingerprint density at radius 1 is 1.29 bits per heavy atom. The molecular formula is C17H28N6O.